The number of hydrogen-bond acceptors (Lipinski definition) is 9. The van der Waals surface area contributed by atoms with Crippen molar-refractivity contribution < 1.29 is 14.4 Å². The SMILES string of the molecule is CCC(=O)c1ccc(-c2cnn3c(N)c(C(C)=O)c([C@@H]4C[C@H]5CC[C@@H](C4)N5C(=O)c4nnc[nH]4)nc23)cn1. The summed E-state index contributed by atoms with van der Waals surface area (Å²) in [6.45, 7) is 3.28. The number of fused-ring (bicyclic) bond motifs is 3. The van der Waals surface area contributed by atoms with E-state index in [2.05, 4.69) is 25.3 Å². The molecule has 1 amide bonds. The number of carbonyl (C=O) groups is 3. The van der Waals surface area contributed by atoms with Crippen molar-refractivity contribution in [1.29, 1.82) is 0 Å². The van der Waals surface area contributed by atoms with E-state index in [0.29, 0.717) is 47.4 Å². The van der Waals surface area contributed by atoms with Crippen LogP contribution in [0.5, 0.6) is 0 Å². The van der Waals surface area contributed by atoms with E-state index >= 15 is 0 Å². The lowest BCUT2D eigenvalue weighted by atomic mass is 9.85. The highest BCUT2D eigenvalue weighted by Crippen LogP contribution is 2.45. The number of nitrogens with two attached hydrogens (primary N) is 1. The number of ketones is 2. The van der Waals surface area contributed by atoms with E-state index in [-0.39, 0.29) is 47.1 Å². The molecule has 2 bridgehead atoms. The Bertz CT molecular complexity index is 1550. The molecule has 38 heavy (non-hydrogen) atoms. The van der Waals surface area contributed by atoms with Crippen LogP contribution in [-0.4, -0.2) is 69.2 Å². The summed E-state index contributed by atoms with van der Waals surface area (Å²) in [6.07, 6.45) is 8.13. The second kappa shape index (κ2) is 9.12. The second-order valence-corrected chi connectivity index (χ2v) is 9.92. The number of H-pyrrole nitrogens is 1. The fourth-order valence-electron chi connectivity index (χ4n) is 5.96. The third-order valence-electron chi connectivity index (χ3n) is 7.72. The number of nitrogen functional groups attached to an aromatic ring is 1. The molecule has 2 saturated heterocycles. The Morgan fingerprint density at radius 3 is 2.50 bits per heavy atom. The van der Waals surface area contributed by atoms with Crippen molar-refractivity contribution in [2.24, 2.45) is 0 Å². The lowest BCUT2D eigenvalue weighted by molar-refractivity contribution is 0.0556. The van der Waals surface area contributed by atoms with Crippen LogP contribution < -0.4 is 5.73 Å². The molecule has 0 saturated carbocycles. The smallest absolute Gasteiger partial charge is 0.292 e. The first-order valence-electron chi connectivity index (χ1n) is 12.7. The summed E-state index contributed by atoms with van der Waals surface area (Å²) in [5.41, 5.74) is 9.90. The number of Topliss-reactive ketones (excluding diaryl/α,β-unsaturated/α-hetero) is 2. The predicted octanol–water partition coefficient (Wildman–Crippen LogP) is 2.84. The van der Waals surface area contributed by atoms with E-state index in [1.807, 2.05) is 11.0 Å². The first-order chi connectivity index (χ1) is 18.4. The molecular weight excluding hydrogens is 486 g/mol. The molecule has 12 nitrogen and oxygen atoms in total. The van der Waals surface area contributed by atoms with E-state index in [4.69, 9.17) is 10.7 Å². The normalized spacial score (nSPS) is 20.7. The van der Waals surface area contributed by atoms with E-state index in [9.17, 15) is 14.4 Å². The van der Waals surface area contributed by atoms with Gasteiger partial charge in [0.1, 0.15) is 17.8 Å². The monoisotopic (exact) mass is 513 g/mol. The van der Waals surface area contributed by atoms with Crippen LogP contribution >= 0.6 is 0 Å². The van der Waals surface area contributed by atoms with Crippen LogP contribution in [0.15, 0.2) is 30.9 Å². The minimum atomic E-state index is -0.180. The Hall–Kier alpha value is -4.48. The van der Waals surface area contributed by atoms with Crippen molar-refractivity contribution in [1.82, 2.24) is 39.7 Å². The number of piperidine rings is 1. The van der Waals surface area contributed by atoms with Crippen LogP contribution in [0.25, 0.3) is 16.8 Å². The van der Waals surface area contributed by atoms with Crippen LogP contribution in [0.2, 0.25) is 0 Å². The zero-order chi connectivity index (χ0) is 26.6. The zero-order valence-corrected chi connectivity index (χ0v) is 21.1. The largest absolute Gasteiger partial charge is 0.383 e. The molecule has 2 aliphatic rings. The van der Waals surface area contributed by atoms with Crippen LogP contribution in [-0.2, 0) is 0 Å². The molecule has 4 aromatic rings. The number of pyridine rings is 1. The maximum Gasteiger partial charge on any atom is 0.292 e. The summed E-state index contributed by atoms with van der Waals surface area (Å²) in [4.78, 5) is 51.9. The lowest BCUT2D eigenvalue weighted by Gasteiger charge is -2.38. The minimum absolute atomic E-state index is 0.00707. The second-order valence-electron chi connectivity index (χ2n) is 9.92. The number of aromatic amines is 1. The molecule has 6 heterocycles. The Morgan fingerprint density at radius 1 is 1.13 bits per heavy atom. The van der Waals surface area contributed by atoms with E-state index in [1.165, 1.54) is 17.8 Å². The zero-order valence-electron chi connectivity index (χ0n) is 21.1. The summed E-state index contributed by atoms with van der Waals surface area (Å²) in [5, 5.41) is 12.1. The highest BCUT2D eigenvalue weighted by atomic mass is 16.2. The summed E-state index contributed by atoms with van der Waals surface area (Å²) in [6, 6.07) is 3.52. The summed E-state index contributed by atoms with van der Waals surface area (Å²) in [7, 11) is 0. The van der Waals surface area contributed by atoms with Gasteiger partial charge in [0.15, 0.2) is 17.2 Å². The van der Waals surface area contributed by atoms with Gasteiger partial charge >= 0.3 is 0 Å². The van der Waals surface area contributed by atoms with Crippen molar-refractivity contribution in [2.75, 3.05) is 5.73 Å². The van der Waals surface area contributed by atoms with Crippen molar-refractivity contribution in [3.8, 4) is 11.1 Å². The number of carbonyl (C=O) groups excluding carboxylic acids is 3. The molecular formula is C26H27N9O3. The average molecular weight is 514 g/mol. The Morgan fingerprint density at radius 2 is 1.89 bits per heavy atom. The molecule has 3 atom stereocenters. The molecule has 12 heteroatoms. The number of hydrogen-bond donors (Lipinski definition) is 2. The predicted molar refractivity (Wildman–Crippen MR) is 137 cm³/mol. The lowest BCUT2D eigenvalue weighted by Crippen LogP contribution is -2.46. The van der Waals surface area contributed by atoms with Crippen molar-refractivity contribution in [2.45, 2.75) is 64.0 Å². The fraction of sp³-hybridized carbons (Fsp3) is 0.385. The molecule has 0 spiro atoms. The summed E-state index contributed by atoms with van der Waals surface area (Å²) < 4.78 is 1.48. The molecule has 0 radical (unpaired) electrons. The van der Waals surface area contributed by atoms with Crippen molar-refractivity contribution in [3.05, 3.63) is 53.6 Å². The van der Waals surface area contributed by atoms with Gasteiger partial charge in [-0.15, -0.1) is 10.2 Å². The molecule has 0 unspecified atom stereocenters. The standard InChI is InChI=1S/C26H27N9O3/c1-3-20(37)19-7-4-14(10-28-19)18-11-31-35-23(27)21(13(2)36)22(32-25(18)35)15-8-16-5-6-17(9-15)34(16)26(38)24-29-12-30-33-24/h4,7,10-12,15-17H,3,5-6,8-9,27H2,1-2H3,(H,29,30,33)/t15-,16-,17+. The molecule has 0 aliphatic carbocycles. The van der Waals surface area contributed by atoms with Gasteiger partial charge in [-0.3, -0.25) is 19.4 Å². The molecule has 194 valence electrons. The number of anilines is 1. The van der Waals surface area contributed by atoms with Gasteiger partial charge in [0, 0.05) is 41.7 Å². The molecule has 6 rings (SSSR count). The van der Waals surface area contributed by atoms with E-state index in [0.717, 1.165) is 18.4 Å². The Balaban J connectivity index is 1.39. The molecule has 4 aromatic heterocycles. The summed E-state index contributed by atoms with van der Waals surface area (Å²) >= 11 is 0. The van der Waals surface area contributed by atoms with Gasteiger partial charge in [0.05, 0.1) is 17.5 Å². The number of amides is 1. The van der Waals surface area contributed by atoms with Gasteiger partial charge in [0.2, 0.25) is 5.82 Å². The number of nitrogens with one attached hydrogen (secondary N) is 1. The van der Waals surface area contributed by atoms with Gasteiger partial charge in [0.25, 0.3) is 5.91 Å². The van der Waals surface area contributed by atoms with Crippen molar-refractivity contribution >= 4 is 28.9 Å². The van der Waals surface area contributed by atoms with Gasteiger partial charge in [-0.2, -0.15) is 9.61 Å². The van der Waals surface area contributed by atoms with Crippen LogP contribution in [0.1, 0.15) is 89.0 Å². The number of aromatic nitrogens is 7. The van der Waals surface area contributed by atoms with Gasteiger partial charge < -0.3 is 15.6 Å². The van der Waals surface area contributed by atoms with E-state index < -0.39 is 0 Å². The summed E-state index contributed by atoms with van der Waals surface area (Å²) in [5.74, 6) is 0.0527. The maximum atomic E-state index is 13.1. The minimum Gasteiger partial charge on any atom is -0.383 e. The fourth-order valence-corrected chi connectivity index (χ4v) is 5.96. The molecule has 0 aromatic carbocycles. The topological polar surface area (TPSA) is 165 Å². The average Bonchev–Trinajstić information content (AvgIpc) is 3.66. The van der Waals surface area contributed by atoms with Crippen molar-refractivity contribution in [3.63, 3.8) is 0 Å². The Labute approximate surface area is 217 Å². The number of nitrogens with zero attached hydrogens (tertiary/aromatic N) is 7. The molecule has 2 fully saturated rings. The highest BCUT2D eigenvalue weighted by Gasteiger charge is 2.45. The highest BCUT2D eigenvalue weighted by molar-refractivity contribution is 6.00. The third kappa shape index (κ3) is 3.75. The van der Waals surface area contributed by atoms with E-state index in [1.54, 1.807) is 25.4 Å². The van der Waals surface area contributed by atoms with Gasteiger partial charge in [-0.25, -0.2) is 4.98 Å². The van der Waals surface area contributed by atoms with Crippen LogP contribution in [0.4, 0.5) is 5.82 Å². The Kier molecular flexibility index (Phi) is 5.73. The molecule has 3 N–H and O–H groups in total. The first-order valence-corrected chi connectivity index (χ1v) is 12.7. The quantitative estimate of drug-likeness (QED) is 0.369. The third-order valence-corrected chi connectivity index (χ3v) is 7.72. The molecule has 2 aliphatic heterocycles. The number of rotatable bonds is 6. The van der Waals surface area contributed by atoms with Crippen LogP contribution in [0, 0.1) is 0 Å². The maximum absolute atomic E-state index is 13.1. The van der Waals surface area contributed by atoms with Crippen LogP contribution in [0.3, 0.4) is 0 Å². The van der Waals surface area contributed by atoms with Gasteiger partial charge in [-0.1, -0.05) is 13.0 Å². The van der Waals surface area contributed by atoms with Gasteiger partial charge in [-0.05, 0) is 38.7 Å². The first kappa shape index (κ1) is 23.9.